The highest BCUT2D eigenvalue weighted by molar-refractivity contribution is 5.80. The first kappa shape index (κ1) is 21.6. The van der Waals surface area contributed by atoms with Gasteiger partial charge in [-0.1, -0.05) is 36.4 Å². The zero-order chi connectivity index (χ0) is 21.5. The number of aromatic nitrogens is 1. The molecular weight excluding hydrogens is 386 g/mol. The quantitative estimate of drug-likeness (QED) is 0.550. The Morgan fingerprint density at radius 1 is 1.13 bits per heavy atom. The molecule has 2 N–H and O–H groups in total. The first-order chi connectivity index (χ1) is 15.2. The van der Waals surface area contributed by atoms with Crippen LogP contribution in [0.1, 0.15) is 43.4 Å². The number of guanidine groups is 1. The molecule has 2 fully saturated rings. The summed E-state index contributed by atoms with van der Waals surface area (Å²) >= 11 is 0. The van der Waals surface area contributed by atoms with Crippen molar-refractivity contribution in [3.05, 3.63) is 59.8 Å². The van der Waals surface area contributed by atoms with Gasteiger partial charge < -0.3 is 20.3 Å². The summed E-state index contributed by atoms with van der Waals surface area (Å²) < 4.78 is 6.03. The number of benzene rings is 1. The number of nitrogens with zero attached hydrogens (tertiary/aromatic N) is 3. The molecule has 2 aliphatic rings. The van der Waals surface area contributed by atoms with Crippen LogP contribution in [-0.4, -0.2) is 49.8 Å². The summed E-state index contributed by atoms with van der Waals surface area (Å²) in [7, 11) is 0. The van der Waals surface area contributed by atoms with E-state index in [0.717, 1.165) is 63.8 Å². The number of piperidine rings is 1. The maximum Gasteiger partial charge on any atom is 0.191 e. The van der Waals surface area contributed by atoms with Crippen LogP contribution in [0.25, 0.3) is 0 Å². The summed E-state index contributed by atoms with van der Waals surface area (Å²) in [5.74, 6) is 2.43. The molecule has 0 amide bonds. The maximum atomic E-state index is 6.03. The second kappa shape index (κ2) is 10.6. The molecular formula is C25H35N5O. The minimum atomic E-state index is 0.151. The molecule has 1 aromatic heterocycles. The minimum Gasteiger partial charge on any atom is -0.373 e. The molecule has 6 nitrogen and oxygen atoms in total. The van der Waals surface area contributed by atoms with Crippen molar-refractivity contribution in [1.82, 2.24) is 15.6 Å². The second-order valence-corrected chi connectivity index (χ2v) is 8.57. The molecule has 0 aliphatic carbocycles. The van der Waals surface area contributed by atoms with E-state index in [1.165, 1.54) is 11.1 Å². The van der Waals surface area contributed by atoms with Crippen molar-refractivity contribution in [2.75, 3.05) is 37.7 Å². The first-order valence-electron chi connectivity index (χ1n) is 11.6. The third-order valence-corrected chi connectivity index (χ3v) is 6.23. The fraction of sp³-hybridized carbons (Fsp3) is 0.520. The van der Waals surface area contributed by atoms with Crippen molar-refractivity contribution in [2.45, 2.75) is 45.3 Å². The summed E-state index contributed by atoms with van der Waals surface area (Å²) in [6.45, 7) is 8.68. The Morgan fingerprint density at radius 3 is 2.65 bits per heavy atom. The zero-order valence-electron chi connectivity index (χ0n) is 18.8. The predicted molar refractivity (Wildman–Crippen MR) is 127 cm³/mol. The number of hydrogen-bond acceptors (Lipinski definition) is 4. The highest BCUT2D eigenvalue weighted by Crippen LogP contribution is 2.34. The van der Waals surface area contributed by atoms with E-state index < -0.39 is 0 Å². The molecule has 4 rings (SSSR count). The molecule has 1 aromatic carbocycles. The summed E-state index contributed by atoms with van der Waals surface area (Å²) in [5, 5.41) is 7.10. The summed E-state index contributed by atoms with van der Waals surface area (Å²) in [6.07, 6.45) is 5.33. The standard InChI is InChI=1S/C25H35N5O/c1-3-26-25(28-18-21-13-16-31-24(21)20-7-5-4-6-8-20)29-22-11-14-30(15-12-22)23-10-9-19(2)17-27-23/h4-10,17,21-22,24H,3,11-16,18H2,1-2H3,(H2,26,28,29). The molecule has 2 aliphatic heterocycles. The van der Waals surface area contributed by atoms with Crippen molar-refractivity contribution < 1.29 is 4.74 Å². The Hall–Kier alpha value is -2.60. The van der Waals surface area contributed by atoms with E-state index in [2.05, 4.69) is 76.8 Å². The second-order valence-electron chi connectivity index (χ2n) is 8.57. The number of hydrogen-bond donors (Lipinski definition) is 2. The molecule has 2 aromatic rings. The smallest absolute Gasteiger partial charge is 0.191 e. The number of anilines is 1. The molecule has 2 atom stereocenters. The molecule has 0 radical (unpaired) electrons. The lowest BCUT2D eigenvalue weighted by Gasteiger charge is -2.34. The van der Waals surface area contributed by atoms with E-state index in [9.17, 15) is 0 Å². The number of aliphatic imine (C=N–C) groups is 1. The summed E-state index contributed by atoms with van der Waals surface area (Å²) in [6, 6.07) is 15.2. The van der Waals surface area contributed by atoms with E-state index in [1.807, 2.05) is 6.20 Å². The molecule has 0 bridgehead atoms. The van der Waals surface area contributed by atoms with Crippen molar-refractivity contribution in [3.63, 3.8) is 0 Å². The van der Waals surface area contributed by atoms with Crippen molar-refractivity contribution >= 4 is 11.8 Å². The van der Waals surface area contributed by atoms with E-state index in [-0.39, 0.29) is 6.10 Å². The van der Waals surface area contributed by atoms with Gasteiger partial charge in [0.1, 0.15) is 5.82 Å². The van der Waals surface area contributed by atoms with E-state index in [4.69, 9.17) is 9.73 Å². The minimum absolute atomic E-state index is 0.151. The molecule has 0 spiro atoms. The Labute approximate surface area is 186 Å². The monoisotopic (exact) mass is 421 g/mol. The third-order valence-electron chi connectivity index (χ3n) is 6.23. The van der Waals surface area contributed by atoms with Gasteiger partial charge in [-0.2, -0.15) is 0 Å². The Balaban J connectivity index is 1.31. The van der Waals surface area contributed by atoms with Crippen LogP contribution in [0.15, 0.2) is 53.7 Å². The normalized spacial score (nSPS) is 22.5. The lowest BCUT2D eigenvalue weighted by molar-refractivity contribution is 0.0925. The van der Waals surface area contributed by atoms with Gasteiger partial charge in [0.2, 0.25) is 0 Å². The van der Waals surface area contributed by atoms with Crippen LogP contribution < -0.4 is 15.5 Å². The van der Waals surface area contributed by atoms with Gasteiger partial charge in [-0.15, -0.1) is 0 Å². The Kier molecular flexibility index (Phi) is 7.41. The van der Waals surface area contributed by atoms with Gasteiger partial charge in [-0.25, -0.2) is 4.98 Å². The maximum absolute atomic E-state index is 6.03. The van der Waals surface area contributed by atoms with Crippen LogP contribution in [0.4, 0.5) is 5.82 Å². The van der Waals surface area contributed by atoms with Crippen LogP contribution in [0.2, 0.25) is 0 Å². The number of pyridine rings is 1. The third kappa shape index (κ3) is 5.76. The Morgan fingerprint density at radius 2 is 1.94 bits per heavy atom. The van der Waals surface area contributed by atoms with Gasteiger partial charge in [0, 0.05) is 50.9 Å². The van der Waals surface area contributed by atoms with Gasteiger partial charge in [0.05, 0.1) is 6.10 Å². The SMILES string of the molecule is CCNC(=NCC1CCOC1c1ccccc1)NC1CCN(c2ccc(C)cn2)CC1. The number of ether oxygens (including phenoxy) is 1. The van der Waals surface area contributed by atoms with Crippen LogP contribution >= 0.6 is 0 Å². The van der Waals surface area contributed by atoms with Crippen LogP contribution in [-0.2, 0) is 4.74 Å². The zero-order valence-corrected chi connectivity index (χ0v) is 18.8. The predicted octanol–water partition coefficient (Wildman–Crippen LogP) is 3.69. The fourth-order valence-corrected chi connectivity index (χ4v) is 4.45. The van der Waals surface area contributed by atoms with Crippen LogP contribution in [0.5, 0.6) is 0 Å². The molecule has 6 heteroatoms. The Bertz CT molecular complexity index is 831. The van der Waals surface area contributed by atoms with Crippen LogP contribution in [0.3, 0.4) is 0 Å². The largest absolute Gasteiger partial charge is 0.373 e. The lowest BCUT2D eigenvalue weighted by Crippen LogP contribution is -2.49. The van der Waals surface area contributed by atoms with Gasteiger partial charge in [0.25, 0.3) is 0 Å². The molecule has 166 valence electrons. The highest BCUT2D eigenvalue weighted by atomic mass is 16.5. The van der Waals surface area contributed by atoms with Crippen molar-refractivity contribution in [3.8, 4) is 0 Å². The van der Waals surface area contributed by atoms with Gasteiger partial charge in [-0.3, -0.25) is 4.99 Å². The van der Waals surface area contributed by atoms with Gasteiger partial charge >= 0.3 is 0 Å². The van der Waals surface area contributed by atoms with Crippen molar-refractivity contribution in [2.24, 2.45) is 10.9 Å². The van der Waals surface area contributed by atoms with Gasteiger partial charge in [-0.05, 0) is 50.3 Å². The molecule has 2 saturated heterocycles. The van der Waals surface area contributed by atoms with Crippen LogP contribution in [0, 0.1) is 12.8 Å². The van der Waals surface area contributed by atoms with Gasteiger partial charge in [0.15, 0.2) is 5.96 Å². The first-order valence-corrected chi connectivity index (χ1v) is 11.6. The van der Waals surface area contributed by atoms with E-state index in [0.29, 0.717) is 12.0 Å². The topological polar surface area (TPSA) is 61.8 Å². The number of nitrogens with one attached hydrogen (secondary N) is 2. The summed E-state index contributed by atoms with van der Waals surface area (Å²) in [4.78, 5) is 11.9. The molecule has 3 heterocycles. The molecule has 0 saturated carbocycles. The average molecular weight is 422 g/mol. The summed E-state index contributed by atoms with van der Waals surface area (Å²) in [5.41, 5.74) is 2.46. The number of rotatable bonds is 6. The number of aryl methyl sites for hydroxylation is 1. The van der Waals surface area contributed by atoms with E-state index >= 15 is 0 Å². The highest BCUT2D eigenvalue weighted by Gasteiger charge is 2.29. The van der Waals surface area contributed by atoms with Crippen molar-refractivity contribution in [1.29, 1.82) is 0 Å². The molecule has 2 unspecified atom stereocenters. The lowest BCUT2D eigenvalue weighted by atomic mass is 9.95. The van der Waals surface area contributed by atoms with E-state index in [1.54, 1.807) is 0 Å². The molecule has 31 heavy (non-hydrogen) atoms. The average Bonchev–Trinajstić information content (AvgIpc) is 3.28. The fourth-order valence-electron chi connectivity index (χ4n) is 4.45.